The van der Waals surface area contributed by atoms with E-state index < -0.39 is 6.23 Å². The van der Waals surface area contributed by atoms with E-state index in [4.69, 9.17) is 19.2 Å². The Morgan fingerprint density at radius 3 is 2.61 bits per heavy atom. The zero-order valence-corrected chi connectivity index (χ0v) is 17.7. The number of hydrazone groups is 1. The molecular weight excluding hydrogens is 394 g/mol. The van der Waals surface area contributed by atoms with Gasteiger partial charge in [-0.2, -0.15) is 5.01 Å². The van der Waals surface area contributed by atoms with Gasteiger partial charge in [0.25, 0.3) is 0 Å². The highest BCUT2D eigenvalue weighted by Crippen LogP contribution is 2.42. The molecular formula is C24H23N3O4. The number of hydrogen-bond acceptors (Lipinski definition) is 6. The highest BCUT2D eigenvalue weighted by molar-refractivity contribution is 6.07. The monoisotopic (exact) mass is 417 g/mol. The maximum atomic E-state index is 12.4. The van der Waals surface area contributed by atoms with Gasteiger partial charge in [-0.05, 0) is 37.1 Å². The Bertz CT molecular complexity index is 1200. The van der Waals surface area contributed by atoms with Gasteiger partial charge in [0.1, 0.15) is 11.5 Å². The number of rotatable bonds is 5. The average Bonchev–Trinajstić information content (AvgIpc) is 3.56. The molecule has 0 unspecified atom stereocenters. The Hall–Kier alpha value is -3.61. The number of fused-ring (bicyclic) bond motifs is 1. The Balaban J connectivity index is 1.60. The van der Waals surface area contributed by atoms with Crippen LogP contribution < -0.4 is 9.47 Å². The molecule has 1 fully saturated rings. The lowest BCUT2D eigenvalue weighted by molar-refractivity contribution is -0.135. The summed E-state index contributed by atoms with van der Waals surface area (Å²) in [6.45, 7) is 1.47. The summed E-state index contributed by atoms with van der Waals surface area (Å²) in [6, 6.07) is 15.4. The smallest absolute Gasteiger partial charge is 0.243 e. The van der Waals surface area contributed by atoms with E-state index in [0.29, 0.717) is 28.9 Å². The first kappa shape index (κ1) is 19.4. The lowest BCUT2D eigenvalue weighted by Gasteiger charge is -2.21. The third-order valence-corrected chi connectivity index (χ3v) is 5.64. The van der Waals surface area contributed by atoms with Crippen LogP contribution in [0.1, 0.15) is 48.7 Å². The fourth-order valence-electron chi connectivity index (χ4n) is 3.86. The molecule has 1 aliphatic heterocycles. The van der Waals surface area contributed by atoms with E-state index in [-0.39, 0.29) is 5.91 Å². The van der Waals surface area contributed by atoms with Gasteiger partial charge >= 0.3 is 0 Å². The van der Waals surface area contributed by atoms with E-state index in [1.54, 1.807) is 20.3 Å². The molecule has 7 heteroatoms. The van der Waals surface area contributed by atoms with Crippen molar-refractivity contribution in [1.82, 2.24) is 9.99 Å². The van der Waals surface area contributed by atoms with Crippen molar-refractivity contribution in [2.75, 3.05) is 14.2 Å². The first-order valence-electron chi connectivity index (χ1n) is 10.3. The van der Waals surface area contributed by atoms with Crippen molar-refractivity contribution in [3.05, 3.63) is 65.4 Å². The number of para-hydroxylation sites is 1. The molecule has 5 rings (SSSR count). The van der Waals surface area contributed by atoms with Crippen molar-refractivity contribution in [1.29, 1.82) is 0 Å². The Kier molecular flexibility index (Phi) is 4.73. The minimum atomic E-state index is -0.732. The summed E-state index contributed by atoms with van der Waals surface area (Å²) in [5.41, 5.74) is 3.47. The van der Waals surface area contributed by atoms with Crippen molar-refractivity contribution >= 4 is 22.7 Å². The van der Waals surface area contributed by atoms with Gasteiger partial charge in [0.2, 0.25) is 18.0 Å². The normalized spacial score (nSPS) is 18.0. The molecule has 1 amide bonds. The van der Waals surface area contributed by atoms with Crippen molar-refractivity contribution < 1.29 is 19.0 Å². The zero-order valence-electron chi connectivity index (χ0n) is 17.7. The van der Waals surface area contributed by atoms with Gasteiger partial charge in [-0.15, -0.1) is 5.10 Å². The maximum Gasteiger partial charge on any atom is 0.243 e. The van der Waals surface area contributed by atoms with Crippen LogP contribution in [0, 0.1) is 0 Å². The van der Waals surface area contributed by atoms with Gasteiger partial charge in [0.05, 0.1) is 25.3 Å². The maximum absolute atomic E-state index is 12.4. The summed E-state index contributed by atoms with van der Waals surface area (Å²) in [5, 5.41) is 6.86. The predicted molar refractivity (Wildman–Crippen MR) is 116 cm³/mol. The quantitative estimate of drug-likeness (QED) is 0.616. The fraction of sp³-hybridized carbons (Fsp3) is 0.292. The van der Waals surface area contributed by atoms with Crippen LogP contribution in [0.2, 0.25) is 0 Å². The van der Waals surface area contributed by atoms with E-state index in [0.717, 1.165) is 35.0 Å². The molecule has 2 heterocycles. The van der Waals surface area contributed by atoms with Crippen molar-refractivity contribution in [3.63, 3.8) is 0 Å². The number of pyridine rings is 1. The minimum Gasteiger partial charge on any atom is -0.497 e. The van der Waals surface area contributed by atoms with Crippen LogP contribution in [-0.2, 0) is 9.53 Å². The second kappa shape index (κ2) is 7.58. The first-order valence-corrected chi connectivity index (χ1v) is 10.3. The topological polar surface area (TPSA) is 73.3 Å². The number of ether oxygens (including phenoxy) is 3. The lowest BCUT2D eigenvalue weighted by atomic mass is 10.1. The molecule has 3 aromatic rings. The van der Waals surface area contributed by atoms with E-state index in [9.17, 15) is 4.79 Å². The number of carbonyl (C=O) groups excluding carboxylic acids is 1. The molecule has 0 spiro atoms. The minimum absolute atomic E-state index is 0.223. The number of benzene rings is 2. The Morgan fingerprint density at radius 2 is 1.90 bits per heavy atom. The molecule has 1 aromatic heterocycles. The second-order valence-corrected chi connectivity index (χ2v) is 7.73. The molecule has 0 N–H and O–H groups in total. The SMILES string of the molecule is COc1ccc([C@H]2OC(c3cc(C4CC4)nc4ccccc34)=NN2C(C)=O)c(OC)c1. The summed E-state index contributed by atoms with van der Waals surface area (Å²) < 4.78 is 17.1. The summed E-state index contributed by atoms with van der Waals surface area (Å²) in [7, 11) is 3.17. The average molecular weight is 417 g/mol. The number of methoxy groups -OCH3 is 2. The van der Waals surface area contributed by atoms with Crippen molar-refractivity contribution in [2.45, 2.75) is 31.9 Å². The van der Waals surface area contributed by atoms with E-state index >= 15 is 0 Å². The summed E-state index contributed by atoms with van der Waals surface area (Å²) >= 11 is 0. The number of carbonyl (C=O) groups is 1. The summed E-state index contributed by atoms with van der Waals surface area (Å²) in [4.78, 5) is 17.3. The zero-order chi connectivity index (χ0) is 21.5. The molecule has 0 saturated heterocycles. The van der Waals surface area contributed by atoms with Crippen LogP contribution >= 0.6 is 0 Å². The van der Waals surface area contributed by atoms with Crippen LogP contribution in [0.15, 0.2) is 53.6 Å². The molecule has 0 bridgehead atoms. The van der Waals surface area contributed by atoms with Crippen molar-refractivity contribution in [3.8, 4) is 11.5 Å². The molecule has 1 atom stereocenters. The van der Waals surface area contributed by atoms with Gasteiger partial charge in [-0.1, -0.05) is 18.2 Å². The standard InChI is InChI=1S/C24H23N3O4/c1-14(28)27-24(18-11-10-16(29-2)12-22(18)30-3)31-23(26-27)19-13-21(15-8-9-15)25-20-7-5-4-6-17(19)20/h4-7,10-13,15,24H,8-9H2,1-3H3/t24-/m1/s1. The summed E-state index contributed by atoms with van der Waals surface area (Å²) in [6.07, 6.45) is 1.55. The van der Waals surface area contributed by atoms with Gasteiger partial charge in [-0.3, -0.25) is 9.78 Å². The number of amides is 1. The largest absolute Gasteiger partial charge is 0.497 e. The van der Waals surface area contributed by atoms with Crippen LogP contribution in [-0.4, -0.2) is 36.0 Å². The second-order valence-electron chi connectivity index (χ2n) is 7.73. The number of hydrogen-bond donors (Lipinski definition) is 0. The highest BCUT2D eigenvalue weighted by atomic mass is 16.5. The third-order valence-electron chi connectivity index (χ3n) is 5.64. The summed E-state index contributed by atoms with van der Waals surface area (Å²) in [5.74, 6) is 1.87. The molecule has 31 heavy (non-hydrogen) atoms. The highest BCUT2D eigenvalue weighted by Gasteiger charge is 2.36. The van der Waals surface area contributed by atoms with E-state index in [1.165, 1.54) is 11.9 Å². The van der Waals surface area contributed by atoms with Gasteiger partial charge < -0.3 is 14.2 Å². The molecule has 1 aliphatic carbocycles. The van der Waals surface area contributed by atoms with E-state index in [1.807, 2.05) is 42.5 Å². The molecule has 2 aliphatic rings. The number of nitrogens with zero attached hydrogens (tertiary/aromatic N) is 3. The predicted octanol–water partition coefficient (Wildman–Crippen LogP) is 4.37. The molecule has 0 radical (unpaired) electrons. The van der Waals surface area contributed by atoms with Crippen LogP contribution in [0.3, 0.4) is 0 Å². The molecule has 7 nitrogen and oxygen atoms in total. The number of aromatic nitrogens is 1. The van der Waals surface area contributed by atoms with E-state index in [2.05, 4.69) is 5.10 Å². The fourth-order valence-corrected chi connectivity index (χ4v) is 3.86. The van der Waals surface area contributed by atoms with Gasteiger partial charge in [0, 0.05) is 35.6 Å². The third kappa shape index (κ3) is 3.46. The molecule has 2 aromatic carbocycles. The first-order chi connectivity index (χ1) is 15.1. The lowest BCUT2D eigenvalue weighted by Crippen LogP contribution is -2.25. The van der Waals surface area contributed by atoms with Crippen LogP contribution in [0.25, 0.3) is 10.9 Å². The molecule has 1 saturated carbocycles. The van der Waals surface area contributed by atoms with Gasteiger partial charge in [-0.25, -0.2) is 0 Å². The van der Waals surface area contributed by atoms with Gasteiger partial charge in [0.15, 0.2) is 0 Å². The van der Waals surface area contributed by atoms with Crippen LogP contribution in [0.4, 0.5) is 0 Å². The van der Waals surface area contributed by atoms with Crippen LogP contribution in [0.5, 0.6) is 11.5 Å². The molecule has 158 valence electrons. The van der Waals surface area contributed by atoms with Crippen molar-refractivity contribution in [2.24, 2.45) is 5.10 Å². The Morgan fingerprint density at radius 1 is 1.10 bits per heavy atom. The Labute approximate surface area is 180 Å².